The number of rotatable bonds is 10. The first kappa shape index (κ1) is 27.5. The van der Waals surface area contributed by atoms with Gasteiger partial charge in [0, 0.05) is 6.42 Å². The van der Waals surface area contributed by atoms with Gasteiger partial charge >= 0.3 is 12.1 Å². The lowest BCUT2D eigenvalue weighted by Gasteiger charge is -2.24. The van der Waals surface area contributed by atoms with E-state index >= 15 is 0 Å². The summed E-state index contributed by atoms with van der Waals surface area (Å²) < 4.78 is 10.1. The van der Waals surface area contributed by atoms with E-state index in [0.29, 0.717) is 5.69 Å². The van der Waals surface area contributed by atoms with E-state index in [1.807, 2.05) is 30.3 Å². The van der Waals surface area contributed by atoms with Crippen LogP contribution in [-0.4, -0.2) is 49.3 Å². The van der Waals surface area contributed by atoms with Crippen molar-refractivity contribution in [3.63, 3.8) is 0 Å². The SMILES string of the molecule is COC(=O)[C@H](Cc1ccc(N=Nc2ccccc2)cc1)NC(=O)[C@H](CCN)NC(=O)OC(C)(C)C. The lowest BCUT2D eigenvalue weighted by Crippen LogP contribution is -2.53. The highest BCUT2D eigenvalue weighted by molar-refractivity contribution is 5.89. The van der Waals surface area contributed by atoms with E-state index in [1.54, 1.807) is 45.0 Å². The molecule has 0 fully saturated rings. The van der Waals surface area contributed by atoms with E-state index in [2.05, 4.69) is 20.9 Å². The number of azo groups is 1. The summed E-state index contributed by atoms with van der Waals surface area (Å²) in [6.07, 6.45) is -0.405. The molecule has 2 aromatic carbocycles. The van der Waals surface area contributed by atoms with Crippen LogP contribution in [0.2, 0.25) is 0 Å². The number of nitrogens with zero attached hydrogens (tertiary/aromatic N) is 2. The molecule has 0 saturated heterocycles. The Kier molecular flexibility index (Phi) is 10.3. The van der Waals surface area contributed by atoms with Crippen LogP contribution in [0.15, 0.2) is 64.8 Å². The summed E-state index contributed by atoms with van der Waals surface area (Å²) in [6, 6.07) is 14.5. The van der Waals surface area contributed by atoms with Crippen molar-refractivity contribution in [1.82, 2.24) is 10.6 Å². The molecule has 10 nitrogen and oxygen atoms in total. The number of ether oxygens (including phenoxy) is 2. The van der Waals surface area contributed by atoms with E-state index in [1.165, 1.54) is 7.11 Å². The molecule has 2 atom stereocenters. The topological polar surface area (TPSA) is 144 Å². The van der Waals surface area contributed by atoms with Crippen LogP contribution in [0, 0.1) is 0 Å². The van der Waals surface area contributed by atoms with Crippen LogP contribution in [0.1, 0.15) is 32.8 Å². The van der Waals surface area contributed by atoms with E-state index < -0.39 is 35.7 Å². The van der Waals surface area contributed by atoms with Gasteiger partial charge in [-0.2, -0.15) is 10.2 Å². The van der Waals surface area contributed by atoms with Crippen molar-refractivity contribution >= 4 is 29.3 Å². The predicted molar refractivity (Wildman–Crippen MR) is 132 cm³/mol. The quantitative estimate of drug-likeness (QED) is 0.348. The molecule has 0 aliphatic carbocycles. The maximum absolute atomic E-state index is 12.9. The molecule has 0 aromatic heterocycles. The Labute approximate surface area is 205 Å². The zero-order valence-electron chi connectivity index (χ0n) is 20.5. The Morgan fingerprint density at radius 3 is 2.06 bits per heavy atom. The van der Waals surface area contributed by atoms with Gasteiger partial charge < -0.3 is 25.8 Å². The molecule has 35 heavy (non-hydrogen) atoms. The molecule has 0 saturated carbocycles. The lowest BCUT2D eigenvalue weighted by molar-refractivity contribution is -0.145. The van der Waals surface area contributed by atoms with E-state index in [4.69, 9.17) is 15.2 Å². The molecule has 2 rings (SSSR count). The van der Waals surface area contributed by atoms with Crippen molar-refractivity contribution in [2.75, 3.05) is 13.7 Å². The minimum absolute atomic E-state index is 0.149. The van der Waals surface area contributed by atoms with Crippen LogP contribution < -0.4 is 16.4 Å². The highest BCUT2D eigenvalue weighted by atomic mass is 16.6. The minimum Gasteiger partial charge on any atom is -0.467 e. The molecule has 2 amide bonds. The molecule has 0 heterocycles. The Hall–Kier alpha value is -3.79. The number of nitrogens with one attached hydrogen (secondary N) is 2. The molecule has 2 aromatic rings. The van der Waals surface area contributed by atoms with Crippen LogP contribution in [0.3, 0.4) is 0 Å². The average Bonchev–Trinajstić information content (AvgIpc) is 2.81. The van der Waals surface area contributed by atoms with Gasteiger partial charge in [0.1, 0.15) is 17.7 Å². The fourth-order valence-corrected chi connectivity index (χ4v) is 3.04. The van der Waals surface area contributed by atoms with Gasteiger partial charge in [-0.25, -0.2) is 9.59 Å². The number of benzene rings is 2. The number of hydrogen-bond donors (Lipinski definition) is 3. The predicted octanol–water partition coefficient (Wildman–Crippen LogP) is 3.54. The van der Waals surface area contributed by atoms with Gasteiger partial charge in [0.05, 0.1) is 18.5 Å². The number of carbonyl (C=O) groups excluding carboxylic acids is 3. The summed E-state index contributed by atoms with van der Waals surface area (Å²) >= 11 is 0. The number of alkyl carbamates (subject to hydrolysis) is 1. The monoisotopic (exact) mass is 483 g/mol. The highest BCUT2D eigenvalue weighted by Crippen LogP contribution is 2.19. The van der Waals surface area contributed by atoms with Crippen molar-refractivity contribution in [3.8, 4) is 0 Å². The van der Waals surface area contributed by atoms with Gasteiger partial charge in [-0.15, -0.1) is 0 Å². The molecule has 0 unspecified atom stereocenters. The van der Waals surface area contributed by atoms with E-state index in [0.717, 1.165) is 11.3 Å². The van der Waals surface area contributed by atoms with Crippen LogP contribution in [0.25, 0.3) is 0 Å². The Morgan fingerprint density at radius 1 is 0.914 bits per heavy atom. The number of nitrogens with two attached hydrogens (primary N) is 1. The van der Waals surface area contributed by atoms with Crippen molar-refractivity contribution in [2.45, 2.75) is 51.3 Å². The molecule has 0 radical (unpaired) electrons. The van der Waals surface area contributed by atoms with Gasteiger partial charge in [-0.05, 0) is 63.6 Å². The van der Waals surface area contributed by atoms with Gasteiger partial charge in [-0.1, -0.05) is 30.3 Å². The smallest absolute Gasteiger partial charge is 0.408 e. The van der Waals surface area contributed by atoms with Crippen molar-refractivity contribution in [1.29, 1.82) is 0 Å². The van der Waals surface area contributed by atoms with Crippen molar-refractivity contribution in [2.24, 2.45) is 16.0 Å². The number of hydrogen-bond acceptors (Lipinski definition) is 8. The molecule has 0 spiro atoms. The lowest BCUT2D eigenvalue weighted by atomic mass is 10.0. The Bertz CT molecular complexity index is 1000. The van der Waals surface area contributed by atoms with Gasteiger partial charge in [-0.3, -0.25) is 4.79 Å². The van der Waals surface area contributed by atoms with Gasteiger partial charge in [0.2, 0.25) is 5.91 Å². The standard InChI is InChI=1S/C25H33N5O5/c1-25(2,3)35-24(33)28-20(14-15-26)22(31)27-21(23(32)34-4)16-17-10-12-19(13-11-17)30-29-18-8-6-5-7-9-18/h5-13,20-21H,14-16,26H2,1-4H3,(H,27,31)(H,28,33)/t20-,21-/m0/s1. The summed E-state index contributed by atoms with van der Waals surface area (Å²) in [7, 11) is 1.24. The number of esters is 1. The third-order valence-electron chi connectivity index (χ3n) is 4.68. The molecule has 4 N–H and O–H groups in total. The molecule has 10 heteroatoms. The molecular weight excluding hydrogens is 450 g/mol. The van der Waals surface area contributed by atoms with E-state index in [9.17, 15) is 14.4 Å². The summed E-state index contributed by atoms with van der Waals surface area (Å²) in [5.41, 5.74) is 7.03. The first-order valence-corrected chi connectivity index (χ1v) is 11.2. The number of carbonyl (C=O) groups is 3. The van der Waals surface area contributed by atoms with Crippen LogP contribution in [-0.2, 0) is 25.5 Å². The Morgan fingerprint density at radius 2 is 1.51 bits per heavy atom. The average molecular weight is 484 g/mol. The van der Waals surface area contributed by atoms with Crippen LogP contribution in [0.4, 0.5) is 16.2 Å². The minimum atomic E-state index is -0.970. The zero-order valence-corrected chi connectivity index (χ0v) is 20.5. The van der Waals surface area contributed by atoms with Crippen LogP contribution >= 0.6 is 0 Å². The third-order valence-corrected chi connectivity index (χ3v) is 4.68. The second kappa shape index (κ2) is 13.2. The first-order valence-electron chi connectivity index (χ1n) is 11.2. The van der Waals surface area contributed by atoms with Crippen molar-refractivity contribution < 1.29 is 23.9 Å². The summed E-state index contributed by atoms with van der Waals surface area (Å²) in [5.74, 6) is -1.18. The summed E-state index contributed by atoms with van der Waals surface area (Å²) in [6.45, 7) is 5.29. The fourth-order valence-electron chi connectivity index (χ4n) is 3.04. The first-order chi connectivity index (χ1) is 16.6. The van der Waals surface area contributed by atoms with Gasteiger partial charge in [0.15, 0.2) is 0 Å². The van der Waals surface area contributed by atoms with Gasteiger partial charge in [0.25, 0.3) is 0 Å². The second-order valence-corrected chi connectivity index (χ2v) is 8.77. The zero-order chi connectivity index (χ0) is 25.8. The third kappa shape index (κ3) is 9.93. The second-order valence-electron chi connectivity index (χ2n) is 8.77. The number of amides is 2. The summed E-state index contributed by atoms with van der Waals surface area (Å²) in [4.78, 5) is 37.3. The molecule has 0 bridgehead atoms. The summed E-state index contributed by atoms with van der Waals surface area (Å²) in [5, 5.41) is 13.5. The maximum atomic E-state index is 12.9. The van der Waals surface area contributed by atoms with Crippen molar-refractivity contribution in [3.05, 3.63) is 60.2 Å². The molecular formula is C25H33N5O5. The molecule has 0 aliphatic heterocycles. The highest BCUT2D eigenvalue weighted by Gasteiger charge is 2.28. The maximum Gasteiger partial charge on any atom is 0.408 e. The van der Waals surface area contributed by atoms with E-state index in [-0.39, 0.29) is 19.4 Å². The fraction of sp³-hybridized carbons (Fsp3) is 0.400. The normalized spacial score (nSPS) is 13.1. The number of methoxy groups -OCH3 is 1. The Balaban J connectivity index is 2.06. The largest absolute Gasteiger partial charge is 0.467 e. The molecule has 188 valence electrons. The molecule has 0 aliphatic rings. The van der Waals surface area contributed by atoms with Crippen LogP contribution in [0.5, 0.6) is 0 Å².